The second kappa shape index (κ2) is 5.07. The summed E-state index contributed by atoms with van der Waals surface area (Å²) in [5.41, 5.74) is 1.12. The molecule has 0 amide bonds. The molecule has 1 aromatic heterocycles. The highest BCUT2D eigenvalue weighted by molar-refractivity contribution is 6.29. The Morgan fingerprint density at radius 3 is 2.77 bits per heavy atom. The van der Waals surface area contributed by atoms with E-state index < -0.39 is 0 Å². The van der Waals surface area contributed by atoms with Gasteiger partial charge in [0, 0.05) is 13.6 Å². The zero-order valence-electron chi connectivity index (χ0n) is 8.13. The van der Waals surface area contributed by atoms with Gasteiger partial charge in [-0.05, 0) is 18.6 Å². The van der Waals surface area contributed by atoms with E-state index in [1.165, 1.54) is 12.8 Å². The third-order valence-electron chi connectivity index (χ3n) is 2.00. The predicted octanol–water partition coefficient (Wildman–Crippen LogP) is 2.97. The van der Waals surface area contributed by atoms with Crippen molar-refractivity contribution >= 4 is 17.3 Å². The number of nitrogens with zero attached hydrogens (tertiary/aromatic N) is 2. The van der Waals surface area contributed by atoms with Gasteiger partial charge in [0.15, 0.2) is 0 Å². The first-order valence-electron chi connectivity index (χ1n) is 4.56. The van der Waals surface area contributed by atoms with Gasteiger partial charge in [-0.25, -0.2) is 4.98 Å². The maximum atomic E-state index is 5.69. The smallest absolute Gasteiger partial charge is 0.129 e. The number of hydrogen-bond acceptors (Lipinski definition) is 2. The van der Waals surface area contributed by atoms with E-state index in [0.717, 1.165) is 12.2 Å². The normalized spacial score (nSPS) is 10.1. The van der Waals surface area contributed by atoms with Gasteiger partial charge in [-0.3, -0.25) is 0 Å². The van der Waals surface area contributed by atoms with E-state index in [2.05, 4.69) is 23.9 Å². The van der Waals surface area contributed by atoms with E-state index in [4.69, 9.17) is 11.6 Å². The summed E-state index contributed by atoms with van der Waals surface area (Å²) in [6.07, 6.45) is 4.22. The monoisotopic (exact) mass is 198 g/mol. The van der Waals surface area contributed by atoms with Gasteiger partial charge in [-0.1, -0.05) is 24.9 Å². The van der Waals surface area contributed by atoms with Crippen molar-refractivity contribution in [3.05, 3.63) is 23.5 Å². The van der Waals surface area contributed by atoms with Crippen molar-refractivity contribution in [1.29, 1.82) is 0 Å². The quantitative estimate of drug-likeness (QED) is 0.692. The van der Waals surface area contributed by atoms with Gasteiger partial charge in [0.25, 0.3) is 0 Å². The molecular formula is C10H15ClN2. The van der Waals surface area contributed by atoms with Crippen LogP contribution < -0.4 is 4.90 Å². The molecule has 0 aliphatic heterocycles. The summed E-state index contributed by atoms with van der Waals surface area (Å²) in [7, 11) is 2.07. The Kier molecular flexibility index (Phi) is 4.03. The van der Waals surface area contributed by atoms with Crippen LogP contribution in [0.4, 0.5) is 5.69 Å². The number of aromatic nitrogens is 1. The molecule has 0 aliphatic rings. The molecule has 0 saturated carbocycles. The summed E-state index contributed by atoms with van der Waals surface area (Å²) >= 11 is 5.69. The van der Waals surface area contributed by atoms with Crippen LogP contribution in [0.2, 0.25) is 5.15 Å². The highest BCUT2D eigenvalue weighted by Crippen LogP contribution is 2.13. The number of rotatable bonds is 4. The van der Waals surface area contributed by atoms with Crippen molar-refractivity contribution in [1.82, 2.24) is 4.98 Å². The van der Waals surface area contributed by atoms with Crippen LogP contribution in [-0.4, -0.2) is 18.6 Å². The highest BCUT2D eigenvalue weighted by atomic mass is 35.5. The first-order valence-corrected chi connectivity index (χ1v) is 4.94. The molecule has 0 saturated heterocycles. The molecule has 0 atom stereocenters. The average Bonchev–Trinajstić information content (AvgIpc) is 2.15. The summed E-state index contributed by atoms with van der Waals surface area (Å²) in [5, 5.41) is 0.549. The van der Waals surface area contributed by atoms with Gasteiger partial charge in [0.1, 0.15) is 5.15 Å². The number of halogens is 1. The van der Waals surface area contributed by atoms with E-state index in [-0.39, 0.29) is 0 Å². The molecule has 1 rings (SSSR count). The lowest BCUT2D eigenvalue weighted by molar-refractivity contribution is 0.765. The molecule has 72 valence electrons. The van der Waals surface area contributed by atoms with Crippen LogP contribution in [0.1, 0.15) is 19.8 Å². The van der Waals surface area contributed by atoms with Crippen molar-refractivity contribution in [2.45, 2.75) is 19.8 Å². The molecule has 0 spiro atoms. The summed E-state index contributed by atoms with van der Waals surface area (Å²) < 4.78 is 0. The molecule has 0 unspecified atom stereocenters. The maximum absolute atomic E-state index is 5.69. The van der Waals surface area contributed by atoms with Gasteiger partial charge < -0.3 is 4.90 Å². The van der Waals surface area contributed by atoms with Crippen molar-refractivity contribution < 1.29 is 0 Å². The van der Waals surface area contributed by atoms with Gasteiger partial charge in [0.05, 0.1) is 11.9 Å². The lowest BCUT2D eigenvalue weighted by atomic mass is 10.3. The molecule has 0 bridgehead atoms. The van der Waals surface area contributed by atoms with Gasteiger partial charge in [0.2, 0.25) is 0 Å². The van der Waals surface area contributed by atoms with E-state index in [0.29, 0.717) is 5.15 Å². The maximum Gasteiger partial charge on any atom is 0.129 e. The SMILES string of the molecule is CCCCN(C)c1ccc(Cl)nc1. The average molecular weight is 199 g/mol. The second-order valence-corrected chi connectivity index (χ2v) is 3.50. The third kappa shape index (κ3) is 3.23. The lowest BCUT2D eigenvalue weighted by Crippen LogP contribution is -2.18. The minimum absolute atomic E-state index is 0.549. The van der Waals surface area contributed by atoms with E-state index in [9.17, 15) is 0 Å². The van der Waals surface area contributed by atoms with E-state index >= 15 is 0 Å². The molecule has 1 heterocycles. The van der Waals surface area contributed by atoms with Crippen LogP contribution in [0.5, 0.6) is 0 Å². The Hall–Kier alpha value is -0.760. The van der Waals surface area contributed by atoms with Crippen LogP contribution >= 0.6 is 11.6 Å². The molecule has 2 nitrogen and oxygen atoms in total. The number of hydrogen-bond donors (Lipinski definition) is 0. The topological polar surface area (TPSA) is 16.1 Å². The van der Waals surface area contributed by atoms with Crippen molar-refractivity contribution in [3.8, 4) is 0 Å². The summed E-state index contributed by atoms with van der Waals surface area (Å²) in [5.74, 6) is 0. The van der Waals surface area contributed by atoms with Crippen molar-refractivity contribution in [3.63, 3.8) is 0 Å². The van der Waals surface area contributed by atoms with Gasteiger partial charge in [-0.15, -0.1) is 0 Å². The Balaban J connectivity index is 2.55. The van der Waals surface area contributed by atoms with E-state index in [1.807, 2.05) is 12.1 Å². The summed E-state index contributed by atoms with van der Waals surface area (Å²) in [6.45, 7) is 3.26. The van der Waals surface area contributed by atoms with Crippen LogP contribution in [0.25, 0.3) is 0 Å². The molecule has 0 fully saturated rings. The third-order valence-corrected chi connectivity index (χ3v) is 2.22. The number of anilines is 1. The molecule has 0 radical (unpaired) electrons. The van der Waals surface area contributed by atoms with Crippen LogP contribution in [0.3, 0.4) is 0 Å². The Labute approximate surface area is 84.5 Å². The van der Waals surface area contributed by atoms with Crippen LogP contribution in [-0.2, 0) is 0 Å². The van der Waals surface area contributed by atoms with Gasteiger partial charge in [-0.2, -0.15) is 0 Å². The molecule has 0 aromatic carbocycles. The molecule has 13 heavy (non-hydrogen) atoms. The zero-order valence-corrected chi connectivity index (χ0v) is 8.88. The highest BCUT2D eigenvalue weighted by Gasteiger charge is 1.99. The minimum Gasteiger partial charge on any atom is -0.373 e. The molecule has 0 aliphatic carbocycles. The Morgan fingerprint density at radius 2 is 2.23 bits per heavy atom. The van der Waals surface area contributed by atoms with Crippen LogP contribution in [0, 0.1) is 0 Å². The molecule has 1 aromatic rings. The lowest BCUT2D eigenvalue weighted by Gasteiger charge is -2.18. The largest absolute Gasteiger partial charge is 0.373 e. The fourth-order valence-corrected chi connectivity index (χ4v) is 1.23. The molecule has 0 N–H and O–H groups in total. The first-order chi connectivity index (χ1) is 6.24. The van der Waals surface area contributed by atoms with Crippen molar-refractivity contribution in [2.75, 3.05) is 18.5 Å². The first kappa shape index (κ1) is 10.3. The molecular weight excluding hydrogens is 184 g/mol. The number of unbranched alkanes of at least 4 members (excludes halogenated alkanes) is 1. The minimum atomic E-state index is 0.549. The fraction of sp³-hybridized carbons (Fsp3) is 0.500. The standard InChI is InChI=1S/C10H15ClN2/c1-3-4-7-13(2)9-5-6-10(11)12-8-9/h5-6,8H,3-4,7H2,1-2H3. The van der Waals surface area contributed by atoms with E-state index in [1.54, 1.807) is 6.20 Å². The predicted molar refractivity (Wildman–Crippen MR) is 57.4 cm³/mol. The van der Waals surface area contributed by atoms with Gasteiger partial charge >= 0.3 is 0 Å². The zero-order chi connectivity index (χ0) is 9.68. The Bertz CT molecular complexity index is 246. The van der Waals surface area contributed by atoms with Crippen LogP contribution in [0.15, 0.2) is 18.3 Å². The summed E-state index contributed by atoms with van der Waals surface area (Å²) in [6, 6.07) is 3.81. The second-order valence-electron chi connectivity index (χ2n) is 3.11. The summed E-state index contributed by atoms with van der Waals surface area (Å²) in [4.78, 5) is 6.22. The van der Waals surface area contributed by atoms with Crippen molar-refractivity contribution in [2.24, 2.45) is 0 Å². The Morgan fingerprint density at radius 1 is 1.46 bits per heavy atom. The number of pyridine rings is 1. The fourth-order valence-electron chi connectivity index (χ4n) is 1.12. The molecule has 3 heteroatoms.